The lowest BCUT2D eigenvalue weighted by Crippen LogP contribution is -2.05. The van der Waals surface area contributed by atoms with Gasteiger partial charge in [0, 0.05) is 12.7 Å². The average molecular weight is 206 g/mol. The first-order valence-electron chi connectivity index (χ1n) is 4.81. The van der Waals surface area contributed by atoms with Crippen molar-refractivity contribution in [3.05, 3.63) is 23.7 Å². The minimum Gasteiger partial charge on any atom is -0.345 e. The Hall–Kier alpha value is -1.62. The standard InChI is InChI=1S/C10H14N4O/c1-6-4-5-8(14(6)3)9-12-10(7(2)11)15-13-9/h4-5,7H,11H2,1-3H3. The Balaban J connectivity index is 2.41. The van der Waals surface area contributed by atoms with E-state index in [4.69, 9.17) is 10.3 Å². The van der Waals surface area contributed by atoms with Gasteiger partial charge in [0.15, 0.2) is 0 Å². The SMILES string of the molecule is Cc1ccc(-c2noc(C(C)N)n2)n1C. The quantitative estimate of drug-likeness (QED) is 0.806. The number of nitrogens with two attached hydrogens (primary N) is 1. The average Bonchev–Trinajstić information content (AvgIpc) is 2.76. The maximum Gasteiger partial charge on any atom is 0.243 e. The minimum atomic E-state index is -0.229. The van der Waals surface area contributed by atoms with E-state index < -0.39 is 0 Å². The van der Waals surface area contributed by atoms with Crippen LogP contribution < -0.4 is 5.73 Å². The largest absolute Gasteiger partial charge is 0.345 e. The van der Waals surface area contributed by atoms with Gasteiger partial charge in [-0.3, -0.25) is 0 Å². The number of hydrogen-bond acceptors (Lipinski definition) is 4. The Morgan fingerprint density at radius 1 is 1.47 bits per heavy atom. The van der Waals surface area contributed by atoms with Crippen LogP contribution in [-0.4, -0.2) is 14.7 Å². The number of aromatic nitrogens is 3. The molecule has 2 N–H and O–H groups in total. The summed E-state index contributed by atoms with van der Waals surface area (Å²) < 4.78 is 7.06. The lowest BCUT2D eigenvalue weighted by molar-refractivity contribution is 0.362. The molecule has 1 atom stereocenters. The molecule has 0 aliphatic heterocycles. The zero-order chi connectivity index (χ0) is 11.0. The van der Waals surface area contributed by atoms with E-state index in [1.165, 1.54) is 0 Å². The first kappa shape index (κ1) is 9.92. The van der Waals surface area contributed by atoms with Gasteiger partial charge < -0.3 is 14.8 Å². The van der Waals surface area contributed by atoms with Crippen molar-refractivity contribution in [3.63, 3.8) is 0 Å². The third-order valence-corrected chi connectivity index (χ3v) is 2.43. The van der Waals surface area contributed by atoms with E-state index in [1.807, 2.05) is 37.6 Å². The number of aryl methyl sites for hydroxylation is 1. The third kappa shape index (κ3) is 1.66. The topological polar surface area (TPSA) is 69.9 Å². The fourth-order valence-corrected chi connectivity index (χ4v) is 1.36. The Morgan fingerprint density at radius 3 is 2.67 bits per heavy atom. The highest BCUT2D eigenvalue weighted by Gasteiger charge is 2.14. The Morgan fingerprint density at radius 2 is 2.20 bits per heavy atom. The molecule has 0 aromatic carbocycles. The summed E-state index contributed by atoms with van der Waals surface area (Å²) in [7, 11) is 1.96. The first-order chi connectivity index (χ1) is 7.09. The van der Waals surface area contributed by atoms with Gasteiger partial charge in [0.2, 0.25) is 11.7 Å². The monoisotopic (exact) mass is 206 g/mol. The predicted molar refractivity (Wildman–Crippen MR) is 56.0 cm³/mol. The van der Waals surface area contributed by atoms with Gasteiger partial charge in [0.05, 0.1) is 11.7 Å². The summed E-state index contributed by atoms with van der Waals surface area (Å²) in [5.41, 5.74) is 7.73. The summed E-state index contributed by atoms with van der Waals surface area (Å²) in [5, 5.41) is 3.89. The van der Waals surface area contributed by atoms with Crippen LogP contribution in [0.5, 0.6) is 0 Å². The molecule has 0 saturated heterocycles. The van der Waals surface area contributed by atoms with Gasteiger partial charge in [0.25, 0.3) is 0 Å². The van der Waals surface area contributed by atoms with Crippen molar-refractivity contribution in [1.29, 1.82) is 0 Å². The molecule has 2 aromatic heterocycles. The fourth-order valence-electron chi connectivity index (χ4n) is 1.36. The molecule has 5 nitrogen and oxygen atoms in total. The van der Waals surface area contributed by atoms with E-state index in [2.05, 4.69) is 10.1 Å². The molecular weight excluding hydrogens is 192 g/mol. The van der Waals surface area contributed by atoms with Gasteiger partial charge in [-0.2, -0.15) is 4.98 Å². The van der Waals surface area contributed by atoms with Crippen molar-refractivity contribution >= 4 is 0 Å². The summed E-state index contributed by atoms with van der Waals surface area (Å²) in [5.74, 6) is 1.04. The van der Waals surface area contributed by atoms with Crippen molar-refractivity contribution in [2.75, 3.05) is 0 Å². The van der Waals surface area contributed by atoms with Gasteiger partial charge in [-0.25, -0.2) is 0 Å². The highest BCUT2D eigenvalue weighted by molar-refractivity contribution is 5.50. The van der Waals surface area contributed by atoms with E-state index in [0.29, 0.717) is 11.7 Å². The number of nitrogens with zero attached hydrogens (tertiary/aromatic N) is 3. The van der Waals surface area contributed by atoms with Crippen molar-refractivity contribution in [2.45, 2.75) is 19.9 Å². The molecule has 0 aliphatic rings. The van der Waals surface area contributed by atoms with Crippen LogP contribution in [0.15, 0.2) is 16.7 Å². The molecule has 15 heavy (non-hydrogen) atoms. The normalized spacial score (nSPS) is 13.1. The Labute approximate surface area is 87.9 Å². The van der Waals surface area contributed by atoms with Crippen LogP contribution in [0.2, 0.25) is 0 Å². The van der Waals surface area contributed by atoms with Crippen LogP contribution in [0.4, 0.5) is 0 Å². The number of hydrogen-bond donors (Lipinski definition) is 1. The molecule has 0 saturated carbocycles. The molecule has 0 spiro atoms. The van der Waals surface area contributed by atoms with Gasteiger partial charge in [-0.05, 0) is 26.0 Å². The van der Waals surface area contributed by atoms with E-state index in [9.17, 15) is 0 Å². The highest BCUT2D eigenvalue weighted by Crippen LogP contribution is 2.19. The van der Waals surface area contributed by atoms with Crippen LogP contribution in [0, 0.1) is 6.92 Å². The van der Waals surface area contributed by atoms with Gasteiger partial charge >= 0.3 is 0 Å². The van der Waals surface area contributed by atoms with E-state index in [-0.39, 0.29) is 6.04 Å². The van der Waals surface area contributed by atoms with E-state index in [0.717, 1.165) is 11.4 Å². The second-order valence-corrected chi connectivity index (χ2v) is 3.66. The minimum absolute atomic E-state index is 0.229. The summed E-state index contributed by atoms with van der Waals surface area (Å²) in [6, 6.07) is 3.75. The molecule has 0 radical (unpaired) electrons. The van der Waals surface area contributed by atoms with Crippen molar-refractivity contribution < 1.29 is 4.52 Å². The molecule has 1 unspecified atom stereocenters. The lowest BCUT2D eigenvalue weighted by Gasteiger charge is -1.99. The molecule has 2 rings (SSSR count). The maximum atomic E-state index is 5.65. The van der Waals surface area contributed by atoms with Crippen LogP contribution in [0.25, 0.3) is 11.5 Å². The summed E-state index contributed by atoms with van der Waals surface area (Å²) >= 11 is 0. The Kier molecular flexibility index (Phi) is 2.32. The molecule has 0 bridgehead atoms. The van der Waals surface area contributed by atoms with Gasteiger partial charge in [-0.15, -0.1) is 0 Å². The Bertz CT molecular complexity index is 469. The molecule has 0 amide bonds. The fraction of sp³-hybridized carbons (Fsp3) is 0.400. The van der Waals surface area contributed by atoms with Crippen molar-refractivity contribution in [2.24, 2.45) is 12.8 Å². The first-order valence-corrected chi connectivity index (χ1v) is 4.81. The van der Waals surface area contributed by atoms with Crippen LogP contribution in [-0.2, 0) is 7.05 Å². The van der Waals surface area contributed by atoms with Gasteiger partial charge in [-0.1, -0.05) is 5.16 Å². The lowest BCUT2D eigenvalue weighted by atomic mass is 10.3. The molecule has 0 fully saturated rings. The van der Waals surface area contributed by atoms with Crippen molar-refractivity contribution in [3.8, 4) is 11.5 Å². The zero-order valence-electron chi connectivity index (χ0n) is 9.06. The summed E-state index contributed by atoms with van der Waals surface area (Å²) in [6.07, 6.45) is 0. The molecule has 2 aromatic rings. The van der Waals surface area contributed by atoms with Crippen LogP contribution in [0.3, 0.4) is 0 Å². The van der Waals surface area contributed by atoms with E-state index in [1.54, 1.807) is 0 Å². The third-order valence-electron chi connectivity index (χ3n) is 2.43. The number of rotatable bonds is 2. The molecule has 80 valence electrons. The molecular formula is C10H14N4O. The molecule has 2 heterocycles. The molecule has 5 heteroatoms. The van der Waals surface area contributed by atoms with Crippen LogP contribution in [0.1, 0.15) is 24.6 Å². The van der Waals surface area contributed by atoms with Crippen LogP contribution >= 0.6 is 0 Å². The summed E-state index contributed by atoms with van der Waals surface area (Å²) in [4.78, 5) is 4.23. The highest BCUT2D eigenvalue weighted by atomic mass is 16.5. The molecule has 0 aliphatic carbocycles. The second-order valence-electron chi connectivity index (χ2n) is 3.66. The zero-order valence-corrected chi connectivity index (χ0v) is 9.06. The maximum absolute atomic E-state index is 5.65. The van der Waals surface area contributed by atoms with E-state index >= 15 is 0 Å². The predicted octanol–water partition coefficient (Wildman–Crippen LogP) is 1.40. The second kappa shape index (κ2) is 3.51. The summed E-state index contributed by atoms with van der Waals surface area (Å²) in [6.45, 7) is 3.84. The van der Waals surface area contributed by atoms with Gasteiger partial charge in [0.1, 0.15) is 0 Å². The van der Waals surface area contributed by atoms with Crippen molar-refractivity contribution in [1.82, 2.24) is 14.7 Å². The smallest absolute Gasteiger partial charge is 0.243 e.